The highest BCUT2D eigenvalue weighted by molar-refractivity contribution is 5.46. The van der Waals surface area contributed by atoms with E-state index in [1.807, 2.05) is 36.4 Å². The van der Waals surface area contributed by atoms with E-state index in [9.17, 15) is 5.26 Å². The summed E-state index contributed by atoms with van der Waals surface area (Å²) < 4.78 is 11.6. The highest BCUT2D eigenvalue weighted by atomic mass is 16.5. The van der Waals surface area contributed by atoms with Gasteiger partial charge >= 0.3 is 0 Å². The van der Waals surface area contributed by atoms with Gasteiger partial charge in [-0.05, 0) is 79.3 Å². The Kier molecular flexibility index (Phi) is 7.99. The molecule has 2 aromatic carbocycles. The Morgan fingerprint density at radius 3 is 2.34 bits per heavy atom. The number of ether oxygens (including phenoxy) is 2. The summed E-state index contributed by atoms with van der Waals surface area (Å²) in [6.45, 7) is 5.55. The lowest BCUT2D eigenvalue weighted by Crippen LogP contribution is -2.13. The molecule has 29 heavy (non-hydrogen) atoms. The SMILES string of the molecule is CCCOc1ccc(COc2ccc([C@H]3CC[C@H](CCC)CC3)cc2C#N)cc1. The Balaban J connectivity index is 1.59. The highest BCUT2D eigenvalue weighted by Crippen LogP contribution is 2.38. The maximum atomic E-state index is 9.62. The van der Waals surface area contributed by atoms with Crippen molar-refractivity contribution in [2.24, 2.45) is 5.92 Å². The number of rotatable bonds is 9. The number of hydrogen-bond donors (Lipinski definition) is 0. The summed E-state index contributed by atoms with van der Waals surface area (Å²) in [4.78, 5) is 0. The predicted molar refractivity (Wildman–Crippen MR) is 117 cm³/mol. The standard InChI is InChI=1S/C26H33NO2/c1-3-5-20-6-10-22(11-7-20)23-12-15-26(24(17-23)18-27)29-19-21-8-13-25(14-9-21)28-16-4-2/h8-9,12-15,17,20,22H,3-7,10-11,16,19H2,1-2H3/t20-,22-. The molecule has 0 spiro atoms. The monoisotopic (exact) mass is 391 g/mol. The van der Waals surface area contributed by atoms with E-state index in [2.05, 4.69) is 26.0 Å². The van der Waals surface area contributed by atoms with E-state index in [0.29, 0.717) is 23.8 Å². The summed E-state index contributed by atoms with van der Waals surface area (Å²) in [5, 5.41) is 9.62. The third-order valence-corrected chi connectivity index (χ3v) is 5.93. The molecule has 1 fully saturated rings. The molecule has 2 aromatic rings. The van der Waals surface area contributed by atoms with Crippen LogP contribution in [0.1, 0.15) is 81.4 Å². The van der Waals surface area contributed by atoms with E-state index >= 15 is 0 Å². The molecule has 154 valence electrons. The molecule has 0 heterocycles. The first-order chi connectivity index (χ1) is 14.2. The molecular formula is C26H33NO2. The Hall–Kier alpha value is -2.47. The second kappa shape index (κ2) is 10.9. The van der Waals surface area contributed by atoms with E-state index in [0.717, 1.165) is 30.3 Å². The summed E-state index contributed by atoms with van der Waals surface area (Å²) in [5.74, 6) is 3.03. The van der Waals surface area contributed by atoms with Crippen LogP contribution in [0.4, 0.5) is 0 Å². The topological polar surface area (TPSA) is 42.2 Å². The molecule has 3 heteroatoms. The van der Waals surface area contributed by atoms with E-state index < -0.39 is 0 Å². The average Bonchev–Trinajstić information content (AvgIpc) is 2.77. The van der Waals surface area contributed by atoms with Crippen LogP contribution in [-0.2, 0) is 6.61 Å². The third kappa shape index (κ3) is 6.00. The van der Waals surface area contributed by atoms with Gasteiger partial charge in [0.1, 0.15) is 24.2 Å². The molecule has 1 aliphatic rings. The normalized spacial score (nSPS) is 18.8. The first kappa shape index (κ1) is 21.2. The highest BCUT2D eigenvalue weighted by Gasteiger charge is 2.22. The van der Waals surface area contributed by atoms with Gasteiger partial charge in [0.15, 0.2) is 0 Å². The van der Waals surface area contributed by atoms with Gasteiger partial charge in [-0.1, -0.05) is 44.9 Å². The van der Waals surface area contributed by atoms with Crippen LogP contribution in [-0.4, -0.2) is 6.61 Å². The van der Waals surface area contributed by atoms with E-state index in [4.69, 9.17) is 9.47 Å². The summed E-state index contributed by atoms with van der Waals surface area (Å²) in [6.07, 6.45) is 8.75. The van der Waals surface area contributed by atoms with Crippen molar-refractivity contribution in [1.29, 1.82) is 5.26 Å². The molecule has 3 nitrogen and oxygen atoms in total. The summed E-state index contributed by atoms with van der Waals surface area (Å²) in [7, 11) is 0. The van der Waals surface area contributed by atoms with Crippen LogP contribution in [0.2, 0.25) is 0 Å². The fraction of sp³-hybridized carbons (Fsp3) is 0.500. The van der Waals surface area contributed by atoms with Crippen LogP contribution in [0.15, 0.2) is 42.5 Å². The second-order valence-corrected chi connectivity index (χ2v) is 8.15. The molecule has 0 N–H and O–H groups in total. The Morgan fingerprint density at radius 1 is 0.931 bits per heavy atom. The van der Waals surface area contributed by atoms with Gasteiger partial charge in [0.05, 0.1) is 12.2 Å². The van der Waals surface area contributed by atoms with Gasteiger partial charge in [-0.25, -0.2) is 0 Å². The maximum absolute atomic E-state index is 9.62. The molecule has 0 amide bonds. The second-order valence-electron chi connectivity index (χ2n) is 8.15. The molecule has 1 aliphatic carbocycles. The summed E-state index contributed by atoms with van der Waals surface area (Å²) >= 11 is 0. The van der Waals surface area contributed by atoms with Crippen molar-refractivity contribution in [2.45, 2.75) is 71.3 Å². The molecule has 0 aliphatic heterocycles. The fourth-order valence-electron chi connectivity index (χ4n) is 4.27. The number of benzene rings is 2. The smallest absolute Gasteiger partial charge is 0.137 e. The lowest BCUT2D eigenvalue weighted by molar-refractivity contribution is 0.301. The van der Waals surface area contributed by atoms with Crippen molar-refractivity contribution >= 4 is 0 Å². The van der Waals surface area contributed by atoms with E-state index in [-0.39, 0.29) is 0 Å². The van der Waals surface area contributed by atoms with Crippen LogP contribution >= 0.6 is 0 Å². The largest absolute Gasteiger partial charge is 0.494 e. The minimum Gasteiger partial charge on any atom is -0.494 e. The zero-order valence-corrected chi connectivity index (χ0v) is 17.8. The van der Waals surface area contributed by atoms with Crippen molar-refractivity contribution in [3.63, 3.8) is 0 Å². The van der Waals surface area contributed by atoms with E-state index in [1.165, 1.54) is 44.1 Å². The molecule has 1 saturated carbocycles. The minimum atomic E-state index is 0.449. The van der Waals surface area contributed by atoms with Gasteiger partial charge in [-0.3, -0.25) is 0 Å². The number of nitrogens with zero attached hydrogens (tertiary/aromatic N) is 1. The van der Waals surface area contributed by atoms with Crippen molar-refractivity contribution in [3.8, 4) is 17.6 Å². The summed E-state index contributed by atoms with van der Waals surface area (Å²) in [6, 6.07) is 16.5. The average molecular weight is 392 g/mol. The third-order valence-electron chi connectivity index (χ3n) is 5.93. The van der Waals surface area contributed by atoms with Gasteiger partial charge in [-0.15, -0.1) is 0 Å². The zero-order valence-electron chi connectivity index (χ0n) is 17.8. The zero-order chi connectivity index (χ0) is 20.5. The molecule has 3 rings (SSSR count). The van der Waals surface area contributed by atoms with Crippen LogP contribution in [0, 0.1) is 17.2 Å². The Morgan fingerprint density at radius 2 is 1.69 bits per heavy atom. The maximum Gasteiger partial charge on any atom is 0.137 e. The molecule has 0 aromatic heterocycles. The fourth-order valence-corrected chi connectivity index (χ4v) is 4.27. The van der Waals surface area contributed by atoms with Crippen LogP contribution < -0.4 is 9.47 Å². The van der Waals surface area contributed by atoms with Gasteiger partial charge in [-0.2, -0.15) is 5.26 Å². The lowest BCUT2D eigenvalue weighted by Gasteiger charge is -2.28. The molecule has 0 unspecified atom stereocenters. The molecule has 0 atom stereocenters. The van der Waals surface area contributed by atoms with Gasteiger partial charge < -0.3 is 9.47 Å². The van der Waals surface area contributed by atoms with Gasteiger partial charge in [0.25, 0.3) is 0 Å². The Bertz CT molecular complexity index is 798. The molecular weight excluding hydrogens is 358 g/mol. The van der Waals surface area contributed by atoms with Gasteiger partial charge in [0, 0.05) is 0 Å². The predicted octanol–water partition coefficient (Wildman–Crippen LogP) is 7.00. The summed E-state index contributed by atoms with van der Waals surface area (Å²) in [5.41, 5.74) is 3.00. The first-order valence-electron chi connectivity index (χ1n) is 11.1. The van der Waals surface area contributed by atoms with E-state index in [1.54, 1.807) is 0 Å². The molecule has 0 bridgehead atoms. The van der Waals surface area contributed by atoms with Crippen molar-refractivity contribution in [1.82, 2.24) is 0 Å². The van der Waals surface area contributed by atoms with Crippen molar-refractivity contribution in [3.05, 3.63) is 59.2 Å². The lowest BCUT2D eigenvalue weighted by atomic mass is 9.77. The number of nitriles is 1. The molecule has 0 saturated heterocycles. The molecule has 0 radical (unpaired) electrons. The van der Waals surface area contributed by atoms with Crippen LogP contribution in [0.25, 0.3) is 0 Å². The quantitative estimate of drug-likeness (QED) is 0.462. The number of hydrogen-bond acceptors (Lipinski definition) is 3. The van der Waals surface area contributed by atoms with Crippen LogP contribution in [0.5, 0.6) is 11.5 Å². The Labute approximate surface area is 175 Å². The first-order valence-corrected chi connectivity index (χ1v) is 11.1. The van der Waals surface area contributed by atoms with Crippen molar-refractivity contribution in [2.75, 3.05) is 6.61 Å². The van der Waals surface area contributed by atoms with Crippen LogP contribution in [0.3, 0.4) is 0 Å². The van der Waals surface area contributed by atoms with Gasteiger partial charge in [0.2, 0.25) is 0 Å². The van der Waals surface area contributed by atoms with Crippen molar-refractivity contribution < 1.29 is 9.47 Å². The minimum absolute atomic E-state index is 0.449.